The van der Waals surface area contributed by atoms with Crippen LogP contribution >= 0.6 is 11.3 Å². The summed E-state index contributed by atoms with van der Waals surface area (Å²) in [4.78, 5) is 20.1. The van der Waals surface area contributed by atoms with Crippen LogP contribution < -0.4 is 10.2 Å². The molecule has 2 aromatic carbocycles. The molecule has 1 atom stereocenters. The number of fused-ring (bicyclic) bond motifs is 1. The molecule has 0 aliphatic carbocycles. The van der Waals surface area contributed by atoms with Crippen molar-refractivity contribution in [3.05, 3.63) is 65.1 Å². The second kappa shape index (κ2) is 8.59. The normalized spacial score (nSPS) is 16.4. The van der Waals surface area contributed by atoms with Crippen LogP contribution in [0.15, 0.2) is 42.5 Å². The number of rotatable bonds is 4. The van der Waals surface area contributed by atoms with Gasteiger partial charge in [-0.2, -0.15) is 10.1 Å². The van der Waals surface area contributed by atoms with E-state index in [2.05, 4.69) is 21.4 Å². The molecule has 0 saturated carbocycles. The zero-order chi connectivity index (χ0) is 23.1. The Morgan fingerprint density at radius 1 is 1.15 bits per heavy atom. The third-order valence-corrected chi connectivity index (χ3v) is 7.20. The lowest BCUT2D eigenvalue weighted by molar-refractivity contribution is -0.120. The highest BCUT2D eigenvalue weighted by Crippen LogP contribution is 2.34. The van der Waals surface area contributed by atoms with E-state index in [1.165, 1.54) is 12.1 Å². The highest BCUT2D eigenvalue weighted by Gasteiger charge is 2.28. The predicted molar refractivity (Wildman–Crippen MR) is 131 cm³/mol. The number of hydrogen-bond acceptors (Lipinski definition) is 5. The molecular formula is C25H26FN5OS. The number of carbonyl (C=O) groups is 1. The van der Waals surface area contributed by atoms with E-state index >= 15 is 0 Å². The van der Waals surface area contributed by atoms with E-state index in [1.54, 1.807) is 22.1 Å². The standard InChI is InChI=1S/C25H26FN5OS/c1-15-10-16(2)12-20(11-15)27-24(32)18-6-5-9-30(14-18)25-28-23-22(33-25)17(3)29-31(23)21-8-4-7-19(26)13-21/h4,7-8,10-13,18H,5-6,9,14H2,1-3H3,(H,27,32)/t18-/m1/s1. The van der Waals surface area contributed by atoms with Gasteiger partial charge in [0.15, 0.2) is 10.8 Å². The summed E-state index contributed by atoms with van der Waals surface area (Å²) in [6.07, 6.45) is 1.78. The van der Waals surface area contributed by atoms with Gasteiger partial charge in [-0.15, -0.1) is 0 Å². The van der Waals surface area contributed by atoms with Crippen molar-refractivity contribution in [1.29, 1.82) is 0 Å². The first-order valence-electron chi connectivity index (χ1n) is 11.1. The summed E-state index contributed by atoms with van der Waals surface area (Å²) in [6.45, 7) is 7.49. The molecule has 0 radical (unpaired) electrons. The SMILES string of the molecule is Cc1cc(C)cc(NC(=O)[C@@H]2CCCN(c3nc4c(s3)c(C)nn4-c3cccc(F)c3)C2)c1. The van der Waals surface area contributed by atoms with E-state index in [0.29, 0.717) is 12.2 Å². The van der Waals surface area contributed by atoms with Crippen LogP contribution in [-0.4, -0.2) is 33.8 Å². The third-order valence-electron chi connectivity index (χ3n) is 5.98. The molecule has 8 heteroatoms. The van der Waals surface area contributed by atoms with Crippen molar-refractivity contribution in [2.75, 3.05) is 23.3 Å². The number of anilines is 2. The Bertz CT molecular complexity index is 1320. The number of amides is 1. The first kappa shape index (κ1) is 21.6. The smallest absolute Gasteiger partial charge is 0.229 e. The minimum atomic E-state index is -0.307. The molecule has 0 bridgehead atoms. The molecule has 5 rings (SSSR count). The van der Waals surface area contributed by atoms with Crippen LogP contribution in [0.4, 0.5) is 15.2 Å². The number of thiazole rings is 1. The average molecular weight is 464 g/mol. The molecule has 0 unspecified atom stereocenters. The Labute approximate surface area is 196 Å². The number of halogens is 1. The van der Waals surface area contributed by atoms with E-state index < -0.39 is 0 Å². The van der Waals surface area contributed by atoms with Crippen LogP contribution in [-0.2, 0) is 4.79 Å². The minimum Gasteiger partial charge on any atom is -0.347 e. The van der Waals surface area contributed by atoms with Gasteiger partial charge in [0, 0.05) is 18.8 Å². The molecule has 2 aromatic heterocycles. The van der Waals surface area contributed by atoms with Gasteiger partial charge in [0.25, 0.3) is 0 Å². The van der Waals surface area contributed by atoms with Crippen molar-refractivity contribution >= 4 is 38.4 Å². The van der Waals surface area contributed by atoms with Crippen LogP contribution in [0.5, 0.6) is 0 Å². The molecule has 1 N–H and O–H groups in total. The molecule has 1 aliphatic heterocycles. The number of aromatic nitrogens is 3. The fraction of sp³-hybridized carbons (Fsp3) is 0.320. The van der Waals surface area contributed by atoms with Crippen LogP contribution in [0.2, 0.25) is 0 Å². The maximum absolute atomic E-state index is 13.8. The van der Waals surface area contributed by atoms with E-state index in [9.17, 15) is 9.18 Å². The van der Waals surface area contributed by atoms with Gasteiger partial charge in [0.1, 0.15) is 5.82 Å². The van der Waals surface area contributed by atoms with E-state index in [1.807, 2.05) is 39.0 Å². The van der Waals surface area contributed by atoms with Gasteiger partial charge < -0.3 is 10.2 Å². The summed E-state index contributed by atoms with van der Waals surface area (Å²) in [5, 5.41) is 8.54. The first-order chi connectivity index (χ1) is 15.9. The molecule has 4 aromatic rings. The van der Waals surface area contributed by atoms with Gasteiger partial charge in [0.05, 0.1) is 22.0 Å². The number of piperidine rings is 1. The topological polar surface area (TPSA) is 63.1 Å². The van der Waals surface area contributed by atoms with Gasteiger partial charge >= 0.3 is 0 Å². The molecule has 1 saturated heterocycles. The number of carbonyl (C=O) groups excluding carboxylic acids is 1. The van der Waals surface area contributed by atoms with E-state index in [0.717, 1.165) is 57.4 Å². The monoisotopic (exact) mass is 463 g/mol. The Hall–Kier alpha value is -3.26. The Morgan fingerprint density at radius 3 is 2.70 bits per heavy atom. The van der Waals surface area contributed by atoms with Crippen molar-refractivity contribution in [3.63, 3.8) is 0 Å². The van der Waals surface area contributed by atoms with Gasteiger partial charge in [-0.3, -0.25) is 4.79 Å². The van der Waals surface area contributed by atoms with Crippen molar-refractivity contribution < 1.29 is 9.18 Å². The number of nitrogens with one attached hydrogen (secondary N) is 1. The summed E-state index contributed by atoms with van der Waals surface area (Å²) < 4.78 is 16.4. The molecule has 3 heterocycles. The van der Waals surface area contributed by atoms with E-state index in [-0.39, 0.29) is 17.6 Å². The largest absolute Gasteiger partial charge is 0.347 e. The Morgan fingerprint density at radius 2 is 1.94 bits per heavy atom. The van der Waals surface area contributed by atoms with Crippen molar-refractivity contribution in [2.45, 2.75) is 33.6 Å². The van der Waals surface area contributed by atoms with Crippen molar-refractivity contribution in [3.8, 4) is 5.69 Å². The average Bonchev–Trinajstić information content (AvgIpc) is 3.34. The predicted octanol–water partition coefficient (Wildman–Crippen LogP) is 5.40. The quantitative estimate of drug-likeness (QED) is 0.440. The molecule has 1 amide bonds. The maximum atomic E-state index is 13.8. The van der Waals surface area contributed by atoms with Crippen LogP contribution in [0.25, 0.3) is 16.0 Å². The van der Waals surface area contributed by atoms with Gasteiger partial charge in [-0.05, 0) is 75.1 Å². The summed E-state index contributed by atoms with van der Waals surface area (Å²) in [5.41, 5.74) is 5.34. The summed E-state index contributed by atoms with van der Waals surface area (Å²) in [5.74, 6) is -0.363. The molecule has 170 valence electrons. The summed E-state index contributed by atoms with van der Waals surface area (Å²) in [7, 11) is 0. The van der Waals surface area contributed by atoms with Crippen LogP contribution in [0, 0.1) is 32.5 Å². The molecule has 1 fully saturated rings. The molecule has 6 nitrogen and oxygen atoms in total. The molecule has 1 aliphatic rings. The van der Waals surface area contributed by atoms with Crippen molar-refractivity contribution in [2.24, 2.45) is 5.92 Å². The van der Waals surface area contributed by atoms with Gasteiger partial charge in [-0.25, -0.2) is 9.07 Å². The molecule has 0 spiro atoms. The fourth-order valence-corrected chi connectivity index (χ4v) is 5.52. The van der Waals surface area contributed by atoms with Crippen molar-refractivity contribution in [1.82, 2.24) is 14.8 Å². The Kier molecular flexibility index (Phi) is 5.62. The number of nitrogens with zero attached hydrogens (tertiary/aromatic N) is 4. The zero-order valence-corrected chi connectivity index (χ0v) is 19.7. The van der Waals surface area contributed by atoms with Crippen LogP contribution in [0.1, 0.15) is 29.7 Å². The number of hydrogen-bond donors (Lipinski definition) is 1. The Balaban J connectivity index is 1.37. The van der Waals surface area contributed by atoms with Gasteiger partial charge in [-0.1, -0.05) is 23.5 Å². The fourth-order valence-electron chi connectivity index (χ4n) is 4.50. The summed E-state index contributed by atoms with van der Waals surface area (Å²) in [6, 6.07) is 12.5. The molecule has 33 heavy (non-hydrogen) atoms. The lowest BCUT2D eigenvalue weighted by atomic mass is 9.97. The number of aryl methyl sites for hydroxylation is 3. The second-order valence-electron chi connectivity index (χ2n) is 8.78. The van der Waals surface area contributed by atoms with Crippen LogP contribution in [0.3, 0.4) is 0 Å². The lowest BCUT2D eigenvalue weighted by Gasteiger charge is -2.31. The lowest BCUT2D eigenvalue weighted by Crippen LogP contribution is -2.40. The minimum absolute atomic E-state index is 0.0490. The highest BCUT2D eigenvalue weighted by molar-refractivity contribution is 7.22. The highest BCUT2D eigenvalue weighted by atomic mass is 32.1. The molecular weight excluding hydrogens is 437 g/mol. The van der Waals surface area contributed by atoms with E-state index in [4.69, 9.17) is 4.98 Å². The maximum Gasteiger partial charge on any atom is 0.229 e. The second-order valence-corrected chi connectivity index (χ2v) is 9.75. The third kappa shape index (κ3) is 4.35. The van der Waals surface area contributed by atoms with Gasteiger partial charge in [0.2, 0.25) is 5.91 Å². The first-order valence-corrected chi connectivity index (χ1v) is 12.0. The number of benzene rings is 2. The zero-order valence-electron chi connectivity index (χ0n) is 18.9. The summed E-state index contributed by atoms with van der Waals surface area (Å²) >= 11 is 1.58.